The van der Waals surface area contributed by atoms with E-state index < -0.39 is 0 Å². The van der Waals surface area contributed by atoms with Gasteiger partial charge in [0.25, 0.3) is 0 Å². The zero-order chi connectivity index (χ0) is 20.4. The Morgan fingerprint density at radius 3 is 2.36 bits per heavy atom. The van der Waals surface area contributed by atoms with Crippen LogP contribution >= 0.6 is 0 Å². The summed E-state index contributed by atoms with van der Waals surface area (Å²) in [6.07, 6.45) is 6.84. The van der Waals surface area contributed by atoms with Crippen molar-refractivity contribution in [2.24, 2.45) is 7.05 Å². The van der Waals surface area contributed by atoms with Crippen molar-refractivity contribution in [1.29, 1.82) is 0 Å². The number of aromatic amines is 2. The van der Waals surface area contributed by atoms with Gasteiger partial charge in [0.05, 0.1) is 5.69 Å². The van der Waals surface area contributed by atoms with Crippen LogP contribution in [0.1, 0.15) is 92.1 Å². The second kappa shape index (κ2) is 8.33. The molecule has 0 bridgehead atoms. The molecule has 0 aromatic carbocycles. The first-order valence-corrected chi connectivity index (χ1v) is 10.3. The van der Waals surface area contributed by atoms with Crippen LogP contribution in [-0.2, 0) is 19.9 Å². The minimum atomic E-state index is 0.357. The number of nitrogens with zero attached hydrogens (tertiary/aromatic N) is 4. The van der Waals surface area contributed by atoms with Gasteiger partial charge in [-0.1, -0.05) is 27.7 Å². The van der Waals surface area contributed by atoms with Gasteiger partial charge in [0.15, 0.2) is 0 Å². The van der Waals surface area contributed by atoms with Gasteiger partial charge in [0.2, 0.25) is 0 Å². The first-order valence-electron chi connectivity index (χ1n) is 10.3. The summed E-state index contributed by atoms with van der Waals surface area (Å²) in [6, 6.07) is 0. The Morgan fingerprint density at radius 2 is 1.75 bits per heavy atom. The van der Waals surface area contributed by atoms with Crippen LogP contribution in [0.2, 0.25) is 0 Å². The third kappa shape index (κ3) is 4.37. The number of rotatable bonds is 8. The standard InChI is InChI=1S/C22H34N6/c1-13(2)19-12-24-21(28(19)7)10-15(4)22-16(5)25-20(27-22)9-8-14(3)18-11-23-17(6)26-18/h11-15H,8-10H2,1-7H3,(H,23,26)(H,25,27). The lowest BCUT2D eigenvalue weighted by atomic mass is 10.0. The fourth-order valence-corrected chi connectivity index (χ4v) is 3.90. The average Bonchev–Trinajstić information content (AvgIpc) is 3.32. The van der Waals surface area contributed by atoms with Crippen LogP contribution in [0.5, 0.6) is 0 Å². The summed E-state index contributed by atoms with van der Waals surface area (Å²) in [5, 5.41) is 0. The molecule has 3 heterocycles. The third-order valence-electron chi connectivity index (χ3n) is 5.73. The van der Waals surface area contributed by atoms with E-state index >= 15 is 0 Å². The van der Waals surface area contributed by atoms with E-state index in [4.69, 9.17) is 4.98 Å². The highest BCUT2D eigenvalue weighted by atomic mass is 15.1. The highest BCUT2D eigenvalue weighted by molar-refractivity contribution is 5.20. The maximum atomic E-state index is 4.79. The van der Waals surface area contributed by atoms with Crippen LogP contribution in [0.4, 0.5) is 0 Å². The summed E-state index contributed by atoms with van der Waals surface area (Å²) >= 11 is 0. The summed E-state index contributed by atoms with van der Waals surface area (Å²) in [6.45, 7) is 13.0. The van der Waals surface area contributed by atoms with Crippen LogP contribution in [0, 0.1) is 13.8 Å². The predicted octanol–water partition coefficient (Wildman–Crippen LogP) is 4.69. The van der Waals surface area contributed by atoms with Gasteiger partial charge in [0.1, 0.15) is 17.5 Å². The lowest BCUT2D eigenvalue weighted by Gasteiger charge is -2.13. The number of imidazole rings is 3. The van der Waals surface area contributed by atoms with E-state index in [0.717, 1.165) is 42.4 Å². The zero-order valence-corrected chi connectivity index (χ0v) is 18.3. The number of nitrogens with one attached hydrogen (secondary N) is 2. The Balaban J connectivity index is 1.64. The van der Waals surface area contributed by atoms with Gasteiger partial charge in [-0.2, -0.15) is 0 Å². The average molecular weight is 383 g/mol. The molecule has 2 N–H and O–H groups in total. The van der Waals surface area contributed by atoms with Crippen molar-refractivity contribution in [3.05, 3.63) is 52.6 Å². The molecule has 28 heavy (non-hydrogen) atoms. The molecule has 6 heteroatoms. The molecule has 0 aliphatic rings. The molecule has 0 aliphatic heterocycles. The molecule has 0 aliphatic carbocycles. The molecule has 152 valence electrons. The summed E-state index contributed by atoms with van der Waals surface area (Å²) in [4.78, 5) is 20.7. The van der Waals surface area contributed by atoms with E-state index in [1.165, 1.54) is 17.1 Å². The SMILES string of the molecule is Cc1ncc(C(C)CCc2nc(C)c(C(C)Cc3ncc(C(C)C)n3C)[nH]2)[nH]1. The molecule has 0 radical (unpaired) electrons. The quantitative estimate of drug-likeness (QED) is 0.593. The topological polar surface area (TPSA) is 75.2 Å². The molecule has 2 unspecified atom stereocenters. The van der Waals surface area contributed by atoms with E-state index in [1.54, 1.807) is 0 Å². The van der Waals surface area contributed by atoms with Crippen molar-refractivity contribution < 1.29 is 0 Å². The maximum absolute atomic E-state index is 4.79. The molecule has 6 nitrogen and oxygen atoms in total. The van der Waals surface area contributed by atoms with Crippen LogP contribution in [0.25, 0.3) is 0 Å². The largest absolute Gasteiger partial charge is 0.346 e. The van der Waals surface area contributed by atoms with Gasteiger partial charge < -0.3 is 14.5 Å². The van der Waals surface area contributed by atoms with Crippen LogP contribution in [-0.4, -0.2) is 29.5 Å². The Hall–Kier alpha value is -2.37. The monoisotopic (exact) mass is 382 g/mol. The zero-order valence-electron chi connectivity index (χ0n) is 18.3. The number of H-pyrrole nitrogens is 2. The fourth-order valence-electron chi connectivity index (χ4n) is 3.90. The van der Waals surface area contributed by atoms with E-state index in [-0.39, 0.29) is 0 Å². The third-order valence-corrected chi connectivity index (χ3v) is 5.73. The normalized spacial score (nSPS) is 14.0. The molecular weight excluding hydrogens is 348 g/mol. The van der Waals surface area contributed by atoms with Gasteiger partial charge in [-0.05, 0) is 32.1 Å². The van der Waals surface area contributed by atoms with Crippen LogP contribution < -0.4 is 0 Å². The summed E-state index contributed by atoms with van der Waals surface area (Å²) < 4.78 is 2.24. The van der Waals surface area contributed by atoms with E-state index in [2.05, 4.69) is 66.2 Å². The predicted molar refractivity (Wildman–Crippen MR) is 113 cm³/mol. The van der Waals surface area contributed by atoms with Gasteiger partial charge >= 0.3 is 0 Å². The van der Waals surface area contributed by atoms with Crippen LogP contribution in [0.3, 0.4) is 0 Å². The minimum absolute atomic E-state index is 0.357. The molecule has 0 saturated heterocycles. The van der Waals surface area contributed by atoms with Gasteiger partial charge in [-0.3, -0.25) is 0 Å². The number of hydrogen-bond donors (Lipinski definition) is 2. The summed E-state index contributed by atoms with van der Waals surface area (Å²) in [7, 11) is 2.12. The van der Waals surface area contributed by atoms with Crippen LogP contribution in [0.15, 0.2) is 12.4 Å². The molecular formula is C22H34N6. The number of hydrogen-bond acceptors (Lipinski definition) is 3. The van der Waals surface area contributed by atoms with Gasteiger partial charge in [-0.15, -0.1) is 0 Å². The van der Waals surface area contributed by atoms with Crippen molar-refractivity contribution in [3.63, 3.8) is 0 Å². The van der Waals surface area contributed by atoms with E-state index in [0.29, 0.717) is 17.8 Å². The maximum Gasteiger partial charge on any atom is 0.109 e. The molecule has 0 amide bonds. The second-order valence-electron chi connectivity index (χ2n) is 8.46. The van der Waals surface area contributed by atoms with Crippen molar-refractivity contribution in [2.75, 3.05) is 0 Å². The lowest BCUT2D eigenvalue weighted by Crippen LogP contribution is -2.08. The number of aryl methyl sites for hydroxylation is 3. The first kappa shape index (κ1) is 20.4. The van der Waals surface area contributed by atoms with Crippen molar-refractivity contribution in [3.8, 4) is 0 Å². The summed E-state index contributed by atoms with van der Waals surface area (Å²) in [5.41, 5.74) is 4.82. The Bertz CT molecular complexity index is 914. The molecule has 3 rings (SSSR count). The summed E-state index contributed by atoms with van der Waals surface area (Å²) in [5.74, 6) is 4.47. The highest BCUT2D eigenvalue weighted by Crippen LogP contribution is 2.25. The van der Waals surface area contributed by atoms with Crippen molar-refractivity contribution >= 4 is 0 Å². The Morgan fingerprint density at radius 1 is 1.00 bits per heavy atom. The molecule has 0 fully saturated rings. The molecule has 3 aromatic heterocycles. The fraction of sp³-hybridized carbons (Fsp3) is 0.591. The Kier molecular flexibility index (Phi) is 6.06. The van der Waals surface area contributed by atoms with Gasteiger partial charge in [0, 0.05) is 55.3 Å². The minimum Gasteiger partial charge on any atom is -0.346 e. The number of aromatic nitrogens is 6. The second-order valence-corrected chi connectivity index (χ2v) is 8.46. The van der Waals surface area contributed by atoms with E-state index in [1.807, 2.05) is 19.3 Å². The van der Waals surface area contributed by atoms with E-state index in [9.17, 15) is 0 Å². The molecule has 0 spiro atoms. The highest BCUT2D eigenvalue weighted by Gasteiger charge is 2.18. The molecule has 0 saturated carbocycles. The molecule has 2 atom stereocenters. The Labute approximate surface area is 168 Å². The van der Waals surface area contributed by atoms with Crippen molar-refractivity contribution in [2.45, 2.75) is 78.6 Å². The lowest BCUT2D eigenvalue weighted by molar-refractivity contribution is 0.635. The first-order chi connectivity index (χ1) is 13.3. The van der Waals surface area contributed by atoms with Gasteiger partial charge in [-0.25, -0.2) is 15.0 Å². The molecule has 3 aromatic rings. The smallest absolute Gasteiger partial charge is 0.109 e. The van der Waals surface area contributed by atoms with Crippen molar-refractivity contribution in [1.82, 2.24) is 29.5 Å².